The van der Waals surface area contributed by atoms with Gasteiger partial charge >= 0.3 is 0 Å². The number of carbonyl (C=O) groups excluding carboxylic acids is 1. The highest BCUT2D eigenvalue weighted by Crippen LogP contribution is 2.12. The number of rotatable bonds is 3. The second-order valence-electron chi connectivity index (χ2n) is 4.25. The third-order valence-electron chi connectivity index (χ3n) is 2.94. The van der Waals surface area contributed by atoms with Crippen molar-refractivity contribution in [2.75, 3.05) is 13.1 Å². The molecule has 16 heavy (non-hydrogen) atoms. The topological polar surface area (TPSA) is 54.3 Å². The van der Waals surface area contributed by atoms with Crippen LogP contribution in [0.1, 0.15) is 24.4 Å². The van der Waals surface area contributed by atoms with E-state index < -0.39 is 0 Å². The molecule has 1 fully saturated rings. The molecule has 1 aromatic rings. The monoisotopic (exact) mass is 222 g/mol. The number of hydrogen-bond donors (Lipinski definition) is 2. The van der Waals surface area contributed by atoms with Gasteiger partial charge in [0.2, 0.25) is 5.91 Å². The largest absolute Gasteiger partial charge is 0.465 e. The summed E-state index contributed by atoms with van der Waals surface area (Å²) in [6, 6.07) is 3.81. The molecule has 0 atom stereocenters. The first-order valence-corrected chi connectivity index (χ1v) is 5.79. The zero-order valence-electron chi connectivity index (χ0n) is 9.58. The fraction of sp³-hybridized carbons (Fsp3) is 0.583. The number of aryl methyl sites for hydroxylation is 1. The SMILES string of the molecule is Cc1ccc(CNC(=O)C2CCNCC2)o1. The van der Waals surface area contributed by atoms with Crippen LogP contribution in [0.25, 0.3) is 0 Å². The number of carbonyl (C=O) groups is 1. The van der Waals surface area contributed by atoms with Crippen LogP contribution in [0.4, 0.5) is 0 Å². The van der Waals surface area contributed by atoms with Crippen molar-refractivity contribution in [2.24, 2.45) is 5.92 Å². The molecule has 4 heteroatoms. The van der Waals surface area contributed by atoms with Gasteiger partial charge < -0.3 is 15.1 Å². The van der Waals surface area contributed by atoms with Crippen LogP contribution in [0, 0.1) is 12.8 Å². The van der Waals surface area contributed by atoms with Gasteiger partial charge in [-0.05, 0) is 45.0 Å². The minimum absolute atomic E-state index is 0.149. The minimum Gasteiger partial charge on any atom is -0.465 e. The Morgan fingerprint density at radius 3 is 2.88 bits per heavy atom. The van der Waals surface area contributed by atoms with E-state index in [4.69, 9.17) is 4.42 Å². The van der Waals surface area contributed by atoms with E-state index in [-0.39, 0.29) is 11.8 Å². The van der Waals surface area contributed by atoms with Crippen molar-refractivity contribution in [3.05, 3.63) is 23.7 Å². The van der Waals surface area contributed by atoms with Crippen LogP contribution in [0.3, 0.4) is 0 Å². The van der Waals surface area contributed by atoms with Crippen molar-refractivity contribution in [1.82, 2.24) is 10.6 Å². The molecule has 1 aliphatic rings. The third kappa shape index (κ3) is 2.85. The zero-order chi connectivity index (χ0) is 11.4. The van der Waals surface area contributed by atoms with Gasteiger partial charge in [0.15, 0.2) is 0 Å². The Hall–Kier alpha value is -1.29. The first kappa shape index (κ1) is 11.2. The molecule has 0 aromatic carbocycles. The summed E-state index contributed by atoms with van der Waals surface area (Å²) in [5.41, 5.74) is 0. The Balaban J connectivity index is 1.78. The molecule has 1 saturated heterocycles. The van der Waals surface area contributed by atoms with Gasteiger partial charge in [-0.2, -0.15) is 0 Å². The molecular weight excluding hydrogens is 204 g/mol. The van der Waals surface area contributed by atoms with Gasteiger partial charge in [-0.25, -0.2) is 0 Å². The summed E-state index contributed by atoms with van der Waals surface area (Å²) < 4.78 is 5.39. The molecule has 0 bridgehead atoms. The molecule has 2 rings (SSSR count). The lowest BCUT2D eigenvalue weighted by atomic mass is 9.97. The molecule has 1 aliphatic heterocycles. The molecule has 0 unspecified atom stereocenters. The van der Waals surface area contributed by atoms with Gasteiger partial charge in [0.1, 0.15) is 11.5 Å². The van der Waals surface area contributed by atoms with Crippen molar-refractivity contribution < 1.29 is 9.21 Å². The van der Waals surface area contributed by atoms with Crippen LogP contribution < -0.4 is 10.6 Å². The van der Waals surface area contributed by atoms with Gasteiger partial charge in [-0.15, -0.1) is 0 Å². The Labute approximate surface area is 95.4 Å². The molecule has 2 N–H and O–H groups in total. The maximum absolute atomic E-state index is 11.8. The van der Waals surface area contributed by atoms with E-state index in [2.05, 4.69) is 10.6 Å². The van der Waals surface area contributed by atoms with Gasteiger partial charge in [0.25, 0.3) is 0 Å². The second kappa shape index (κ2) is 5.16. The summed E-state index contributed by atoms with van der Waals surface area (Å²) in [6.07, 6.45) is 1.87. The van der Waals surface area contributed by atoms with E-state index in [1.807, 2.05) is 19.1 Å². The predicted octanol–water partition coefficient (Wildman–Crippen LogP) is 1.20. The molecule has 0 aliphatic carbocycles. The molecule has 4 nitrogen and oxygen atoms in total. The molecule has 0 radical (unpaired) electrons. The zero-order valence-corrected chi connectivity index (χ0v) is 9.58. The molecule has 0 spiro atoms. The van der Waals surface area contributed by atoms with Crippen molar-refractivity contribution in [1.29, 1.82) is 0 Å². The predicted molar refractivity (Wildman–Crippen MR) is 60.9 cm³/mol. The highest BCUT2D eigenvalue weighted by Gasteiger charge is 2.20. The smallest absolute Gasteiger partial charge is 0.223 e. The molecular formula is C12H18N2O2. The van der Waals surface area contributed by atoms with Crippen molar-refractivity contribution in [3.8, 4) is 0 Å². The van der Waals surface area contributed by atoms with Crippen LogP contribution >= 0.6 is 0 Å². The van der Waals surface area contributed by atoms with Crippen LogP contribution in [-0.4, -0.2) is 19.0 Å². The Kier molecular flexibility index (Phi) is 3.62. The Bertz CT molecular complexity index is 354. The number of amides is 1. The summed E-state index contributed by atoms with van der Waals surface area (Å²) >= 11 is 0. The van der Waals surface area contributed by atoms with Crippen molar-refractivity contribution in [3.63, 3.8) is 0 Å². The van der Waals surface area contributed by atoms with E-state index in [9.17, 15) is 4.79 Å². The second-order valence-corrected chi connectivity index (χ2v) is 4.25. The van der Waals surface area contributed by atoms with Gasteiger partial charge in [-0.3, -0.25) is 4.79 Å². The van der Waals surface area contributed by atoms with Crippen molar-refractivity contribution in [2.45, 2.75) is 26.3 Å². The van der Waals surface area contributed by atoms with E-state index in [1.165, 1.54) is 0 Å². The molecule has 2 heterocycles. The first-order chi connectivity index (χ1) is 7.75. The van der Waals surface area contributed by atoms with E-state index in [0.717, 1.165) is 37.5 Å². The van der Waals surface area contributed by atoms with Crippen molar-refractivity contribution >= 4 is 5.91 Å². The van der Waals surface area contributed by atoms with Crippen LogP contribution in [-0.2, 0) is 11.3 Å². The summed E-state index contributed by atoms with van der Waals surface area (Å²) in [4.78, 5) is 11.8. The van der Waals surface area contributed by atoms with E-state index in [1.54, 1.807) is 0 Å². The third-order valence-corrected chi connectivity index (χ3v) is 2.94. The maximum atomic E-state index is 11.8. The maximum Gasteiger partial charge on any atom is 0.223 e. The number of nitrogens with one attached hydrogen (secondary N) is 2. The number of piperidine rings is 1. The van der Waals surface area contributed by atoms with Gasteiger partial charge in [-0.1, -0.05) is 0 Å². The van der Waals surface area contributed by atoms with Crippen LogP contribution in [0.2, 0.25) is 0 Å². The highest BCUT2D eigenvalue weighted by atomic mass is 16.3. The van der Waals surface area contributed by atoms with E-state index >= 15 is 0 Å². The lowest BCUT2D eigenvalue weighted by Gasteiger charge is -2.21. The Morgan fingerprint density at radius 1 is 1.50 bits per heavy atom. The summed E-state index contributed by atoms with van der Waals surface area (Å²) in [5.74, 6) is 2.01. The normalized spacial score (nSPS) is 17.3. The van der Waals surface area contributed by atoms with E-state index in [0.29, 0.717) is 6.54 Å². The Morgan fingerprint density at radius 2 is 2.25 bits per heavy atom. The molecule has 0 saturated carbocycles. The summed E-state index contributed by atoms with van der Waals surface area (Å²) in [6.45, 7) is 4.28. The summed E-state index contributed by atoms with van der Waals surface area (Å²) in [5, 5.41) is 6.17. The first-order valence-electron chi connectivity index (χ1n) is 5.79. The van der Waals surface area contributed by atoms with Gasteiger partial charge in [0.05, 0.1) is 6.54 Å². The molecule has 1 amide bonds. The van der Waals surface area contributed by atoms with Crippen LogP contribution in [0.5, 0.6) is 0 Å². The fourth-order valence-electron chi connectivity index (χ4n) is 1.98. The average Bonchev–Trinajstić information content (AvgIpc) is 2.73. The molecule has 88 valence electrons. The lowest BCUT2D eigenvalue weighted by molar-refractivity contribution is -0.126. The number of hydrogen-bond acceptors (Lipinski definition) is 3. The van der Waals surface area contributed by atoms with Crippen LogP contribution in [0.15, 0.2) is 16.5 Å². The number of furan rings is 1. The minimum atomic E-state index is 0.149. The average molecular weight is 222 g/mol. The molecule has 1 aromatic heterocycles. The standard InChI is InChI=1S/C12H18N2O2/c1-9-2-3-11(16-9)8-14-12(15)10-4-6-13-7-5-10/h2-3,10,13H,4-8H2,1H3,(H,14,15). The fourth-order valence-corrected chi connectivity index (χ4v) is 1.98. The van der Waals surface area contributed by atoms with Gasteiger partial charge in [0, 0.05) is 5.92 Å². The highest BCUT2D eigenvalue weighted by molar-refractivity contribution is 5.78. The quantitative estimate of drug-likeness (QED) is 0.808. The lowest BCUT2D eigenvalue weighted by Crippen LogP contribution is -2.37. The summed E-state index contributed by atoms with van der Waals surface area (Å²) in [7, 11) is 0.